The molecule has 1 saturated heterocycles. The molecular weight excluding hydrogens is 342 g/mol. The molecular formula is C17H17N3O4S. The monoisotopic (exact) mass is 359 g/mol. The van der Waals surface area contributed by atoms with E-state index in [1.54, 1.807) is 5.38 Å². The molecule has 1 fully saturated rings. The number of imide groups is 1. The number of carbonyl (C=O) groups excluding carboxylic acids is 3. The predicted molar refractivity (Wildman–Crippen MR) is 92.0 cm³/mol. The predicted octanol–water partition coefficient (Wildman–Crippen LogP) is 2.72. The third kappa shape index (κ3) is 4.03. The Morgan fingerprint density at radius 1 is 1.36 bits per heavy atom. The fourth-order valence-corrected chi connectivity index (χ4v) is 3.24. The smallest absolute Gasteiger partial charge is 0.417 e. The number of aryl methyl sites for hydroxylation is 1. The number of benzene rings is 1. The molecule has 8 heteroatoms. The van der Waals surface area contributed by atoms with E-state index in [4.69, 9.17) is 4.74 Å². The molecule has 3 amide bonds. The lowest BCUT2D eigenvalue weighted by molar-refractivity contribution is -0.131. The van der Waals surface area contributed by atoms with Gasteiger partial charge in [0.1, 0.15) is 12.6 Å². The first-order valence-electron chi connectivity index (χ1n) is 7.80. The summed E-state index contributed by atoms with van der Waals surface area (Å²) in [6.07, 6.45) is -0.396. The molecule has 1 unspecified atom stereocenters. The zero-order valence-electron chi connectivity index (χ0n) is 13.6. The van der Waals surface area contributed by atoms with Crippen LogP contribution in [0, 0.1) is 6.92 Å². The molecule has 1 aliphatic heterocycles. The molecule has 0 spiro atoms. The van der Waals surface area contributed by atoms with Crippen molar-refractivity contribution in [3.05, 3.63) is 47.0 Å². The van der Waals surface area contributed by atoms with Gasteiger partial charge in [-0.25, -0.2) is 14.7 Å². The van der Waals surface area contributed by atoms with E-state index < -0.39 is 23.9 Å². The summed E-state index contributed by atoms with van der Waals surface area (Å²) in [6.45, 7) is 1.86. The number of thiazole rings is 1. The zero-order valence-corrected chi connectivity index (χ0v) is 14.4. The van der Waals surface area contributed by atoms with Crippen LogP contribution >= 0.6 is 11.3 Å². The fourth-order valence-electron chi connectivity index (χ4n) is 2.55. The Labute approximate surface area is 148 Å². The maximum Gasteiger partial charge on any atom is 0.417 e. The molecule has 2 heterocycles. The highest BCUT2D eigenvalue weighted by molar-refractivity contribution is 7.13. The van der Waals surface area contributed by atoms with Gasteiger partial charge >= 0.3 is 6.09 Å². The molecule has 3 rings (SSSR count). The number of ether oxygens (including phenoxy) is 1. The van der Waals surface area contributed by atoms with Crippen LogP contribution in [0.15, 0.2) is 35.7 Å². The third-order valence-electron chi connectivity index (χ3n) is 3.77. The fraction of sp³-hybridized carbons (Fsp3) is 0.294. The highest BCUT2D eigenvalue weighted by atomic mass is 32.1. The van der Waals surface area contributed by atoms with E-state index in [9.17, 15) is 14.4 Å². The van der Waals surface area contributed by atoms with Gasteiger partial charge in [0.15, 0.2) is 5.13 Å². The second kappa shape index (κ2) is 7.43. The largest absolute Gasteiger partial charge is 0.444 e. The summed E-state index contributed by atoms with van der Waals surface area (Å²) in [5.41, 5.74) is 1.60. The van der Waals surface area contributed by atoms with Gasteiger partial charge in [0.2, 0.25) is 11.8 Å². The lowest BCUT2D eigenvalue weighted by atomic mass is 10.2. The minimum Gasteiger partial charge on any atom is -0.444 e. The second-order valence-electron chi connectivity index (χ2n) is 5.64. The molecule has 0 saturated carbocycles. The minimum absolute atomic E-state index is 0.0451. The van der Waals surface area contributed by atoms with Crippen molar-refractivity contribution >= 4 is 34.4 Å². The van der Waals surface area contributed by atoms with Crippen molar-refractivity contribution in [2.24, 2.45) is 0 Å². The van der Waals surface area contributed by atoms with Crippen LogP contribution in [-0.2, 0) is 20.9 Å². The zero-order chi connectivity index (χ0) is 17.8. The molecule has 0 radical (unpaired) electrons. The van der Waals surface area contributed by atoms with Crippen LogP contribution in [0.3, 0.4) is 0 Å². The Bertz CT molecular complexity index is 790. The summed E-state index contributed by atoms with van der Waals surface area (Å²) in [4.78, 5) is 41.8. The van der Waals surface area contributed by atoms with Gasteiger partial charge in [-0.15, -0.1) is 11.3 Å². The molecule has 0 bridgehead atoms. The van der Waals surface area contributed by atoms with Gasteiger partial charge in [-0.1, -0.05) is 30.3 Å². The molecule has 1 aromatic carbocycles. The van der Waals surface area contributed by atoms with Gasteiger partial charge in [0, 0.05) is 11.8 Å². The quantitative estimate of drug-likeness (QED) is 0.907. The summed E-state index contributed by atoms with van der Waals surface area (Å²) in [5.74, 6) is -0.842. The van der Waals surface area contributed by atoms with Crippen LogP contribution in [0.2, 0.25) is 0 Å². The van der Waals surface area contributed by atoms with E-state index in [0.29, 0.717) is 5.13 Å². The lowest BCUT2D eigenvalue weighted by Crippen LogP contribution is -2.45. The van der Waals surface area contributed by atoms with Crippen LogP contribution in [0.5, 0.6) is 0 Å². The van der Waals surface area contributed by atoms with Crippen LogP contribution in [0.25, 0.3) is 0 Å². The molecule has 2 aromatic rings. The van der Waals surface area contributed by atoms with Crippen molar-refractivity contribution < 1.29 is 19.1 Å². The number of hydrogen-bond donors (Lipinski definition) is 1. The van der Waals surface area contributed by atoms with E-state index in [1.807, 2.05) is 37.3 Å². The highest BCUT2D eigenvalue weighted by Gasteiger charge is 2.41. The number of aromatic nitrogens is 1. The van der Waals surface area contributed by atoms with Gasteiger partial charge in [-0.2, -0.15) is 0 Å². The van der Waals surface area contributed by atoms with Crippen molar-refractivity contribution in [2.45, 2.75) is 32.4 Å². The Morgan fingerprint density at radius 2 is 2.12 bits per heavy atom. The topological polar surface area (TPSA) is 88.6 Å². The molecule has 1 N–H and O–H groups in total. The average molecular weight is 359 g/mol. The van der Waals surface area contributed by atoms with E-state index in [2.05, 4.69) is 10.3 Å². The minimum atomic E-state index is -0.875. The summed E-state index contributed by atoms with van der Waals surface area (Å²) in [6, 6.07) is 8.27. The number of nitrogens with one attached hydrogen (secondary N) is 1. The van der Waals surface area contributed by atoms with E-state index in [-0.39, 0.29) is 19.4 Å². The summed E-state index contributed by atoms with van der Waals surface area (Å²) in [5, 5.41) is 4.90. The van der Waals surface area contributed by atoms with Gasteiger partial charge in [0.05, 0.1) is 5.69 Å². The van der Waals surface area contributed by atoms with Gasteiger partial charge in [0.25, 0.3) is 0 Å². The number of likely N-dealkylation sites (tertiary alicyclic amines) is 1. The van der Waals surface area contributed by atoms with E-state index in [1.165, 1.54) is 11.3 Å². The van der Waals surface area contributed by atoms with E-state index >= 15 is 0 Å². The van der Waals surface area contributed by atoms with Crippen LogP contribution in [-0.4, -0.2) is 33.8 Å². The summed E-state index contributed by atoms with van der Waals surface area (Å²) in [7, 11) is 0. The molecule has 1 aromatic heterocycles. The van der Waals surface area contributed by atoms with E-state index in [0.717, 1.165) is 16.2 Å². The lowest BCUT2D eigenvalue weighted by Gasteiger charge is -2.21. The first-order chi connectivity index (χ1) is 12.0. The molecule has 1 aliphatic rings. The van der Waals surface area contributed by atoms with Gasteiger partial charge in [-0.05, 0) is 18.9 Å². The number of anilines is 1. The summed E-state index contributed by atoms with van der Waals surface area (Å²) >= 11 is 1.29. The number of amides is 3. The molecule has 25 heavy (non-hydrogen) atoms. The maximum atomic E-state index is 12.4. The highest BCUT2D eigenvalue weighted by Crippen LogP contribution is 2.23. The SMILES string of the molecule is Cc1csc(NC(=O)C2CCC(=O)N2C(=O)OCc2ccccc2)n1. The molecule has 0 aliphatic carbocycles. The Hall–Kier alpha value is -2.74. The second-order valence-corrected chi connectivity index (χ2v) is 6.50. The number of hydrogen-bond acceptors (Lipinski definition) is 6. The molecule has 130 valence electrons. The maximum absolute atomic E-state index is 12.4. The van der Waals surface area contributed by atoms with Crippen LogP contribution < -0.4 is 5.32 Å². The number of nitrogens with zero attached hydrogens (tertiary/aromatic N) is 2. The van der Waals surface area contributed by atoms with Crippen LogP contribution in [0.1, 0.15) is 24.1 Å². The average Bonchev–Trinajstić information content (AvgIpc) is 3.19. The number of carbonyl (C=O) groups is 3. The molecule has 7 nitrogen and oxygen atoms in total. The van der Waals surface area contributed by atoms with Crippen LogP contribution in [0.4, 0.5) is 9.93 Å². The Balaban J connectivity index is 1.64. The van der Waals surface area contributed by atoms with Gasteiger partial charge < -0.3 is 10.1 Å². The molecule has 1 atom stereocenters. The standard InChI is InChI=1S/C17H17N3O4S/c1-11-10-25-16(18-11)19-15(22)13-7-8-14(21)20(13)17(23)24-9-12-5-3-2-4-6-12/h2-6,10,13H,7-9H2,1H3,(H,18,19,22). The normalized spacial score (nSPS) is 16.8. The Kier molecular flexibility index (Phi) is 5.08. The first-order valence-corrected chi connectivity index (χ1v) is 8.68. The third-order valence-corrected chi connectivity index (χ3v) is 4.64. The van der Waals surface area contributed by atoms with Crippen molar-refractivity contribution in [3.8, 4) is 0 Å². The Morgan fingerprint density at radius 3 is 2.80 bits per heavy atom. The van der Waals surface area contributed by atoms with Crippen molar-refractivity contribution in [2.75, 3.05) is 5.32 Å². The summed E-state index contributed by atoms with van der Waals surface area (Å²) < 4.78 is 5.19. The van der Waals surface area contributed by atoms with Crippen molar-refractivity contribution in [1.82, 2.24) is 9.88 Å². The van der Waals surface area contributed by atoms with Gasteiger partial charge in [-0.3, -0.25) is 9.59 Å². The van der Waals surface area contributed by atoms with Crippen molar-refractivity contribution in [1.29, 1.82) is 0 Å². The number of rotatable bonds is 4. The first kappa shape index (κ1) is 17.1. The van der Waals surface area contributed by atoms with Crippen molar-refractivity contribution in [3.63, 3.8) is 0 Å².